The first kappa shape index (κ1) is 26.0. The molecule has 1 amide bonds. The van der Waals surface area contributed by atoms with Crippen LogP contribution in [0.4, 0.5) is 5.82 Å². The van der Waals surface area contributed by atoms with Crippen LogP contribution < -0.4 is 4.90 Å². The maximum Gasteiger partial charge on any atom is 0.245 e. The molecule has 1 unspecified atom stereocenters. The van der Waals surface area contributed by atoms with E-state index >= 15 is 0 Å². The van der Waals surface area contributed by atoms with E-state index in [1.807, 2.05) is 11.1 Å². The Hall–Kier alpha value is -2.88. The van der Waals surface area contributed by atoms with Crippen LogP contribution in [0.1, 0.15) is 43.5 Å². The van der Waals surface area contributed by atoms with Gasteiger partial charge in [0.05, 0.1) is 42.0 Å². The van der Waals surface area contributed by atoms with Crippen LogP contribution in [0.25, 0.3) is 22.0 Å². The Morgan fingerprint density at radius 1 is 1.23 bits per heavy atom. The Kier molecular flexibility index (Phi) is 6.25. The van der Waals surface area contributed by atoms with Crippen LogP contribution in [0.15, 0.2) is 24.9 Å². The number of hydrogen-bond donors (Lipinski definition) is 1. The van der Waals surface area contributed by atoms with E-state index in [0.717, 1.165) is 109 Å². The minimum absolute atomic E-state index is 0.0327. The lowest BCUT2D eigenvalue weighted by molar-refractivity contribution is -0.149. The summed E-state index contributed by atoms with van der Waals surface area (Å²) in [6.45, 7) is 16.4. The van der Waals surface area contributed by atoms with Crippen LogP contribution in [0.3, 0.4) is 0 Å². The van der Waals surface area contributed by atoms with Crippen molar-refractivity contribution in [3.8, 4) is 11.1 Å². The van der Waals surface area contributed by atoms with Crippen molar-refractivity contribution in [1.29, 1.82) is 0 Å². The number of aromatic amines is 1. The molecular weight excluding hydrogens is 526 g/mol. The Morgan fingerprint density at radius 2 is 2.00 bits per heavy atom. The zero-order chi connectivity index (χ0) is 27.8. The molecule has 5 heterocycles. The molecule has 4 aliphatic rings. The molecule has 40 heavy (non-hydrogen) atoms. The number of hydrogen-bond acceptors (Lipinski definition) is 6. The van der Waals surface area contributed by atoms with Gasteiger partial charge in [0.2, 0.25) is 5.91 Å². The molecule has 1 saturated carbocycles. The van der Waals surface area contributed by atoms with Gasteiger partial charge in [-0.3, -0.25) is 19.5 Å². The second-order valence-corrected chi connectivity index (χ2v) is 12.7. The number of amides is 1. The van der Waals surface area contributed by atoms with E-state index in [1.165, 1.54) is 6.08 Å². The number of nitrogens with zero attached hydrogens (tertiary/aromatic N) is 6. The summed E-state index contributed by atoms with van der Waals surface area (Å²) in [4.78, 5) is 19.1. The molecule has 3 aromatic rings. The molecule has 9 nitrogen and oxygen atoms in total. The predicted molar refractivity (Wildman–Crippen MR) is 157 cm³/mol. The van der Waals surface area contributed by atoms with E-state index in [2.05, 4.69) is 58.1 Å². The van der Waals surface area contributed by atoms with Gasteiger partial charge < -0.3 is 14.5 Å². The van der Waals surface area contributed by atoms with Crippen molar-refractivity contribution >= 4 is 34.2 Å². The number of ether oxygens (including phenoxy) is 1. The van der Waals surface area contributed by atoms with E-state index in [4.69, 9.17) is 21.4 Å². The summed E-state index contributed by atoms with van der Waals surface area (Å²) in [6.07, 6.45) is 6.41. The molecule has 0 bridgehead atoms. The summed E-state index contributed by atoms with van der Waals surface area (Å²) in [6, 6.07) is 3.28. The van der Waals surface area contributed by atoms with Crippen molar-refractivity contribution in [2.24, 2.45) is 5.41 Å². The van der Waals surface area contributed by atoms with Crippen LogP contribution in [-0.4, -0.2) is 93.7 Å². The number of anilines is 1. The smallest absolute Gasteiger partial charge is 0.245 e. The molecule has 1 N–H and O–H groups in total. The fourth-order valence-electron chi connectivity index (χ4n) is 7.49. The third-order valence-corrected chi connectivity index (χ3v) is 10.3. The minimum Gasteiger partial charge on any atom is -0.378 e. The third-order valence-electron chi connectivity index (χ3n) is 9.86. The SMILES string of the molecule is C=CC(=O)N1CC2(CC(n3nc(N4CCN(C5COC5)CC4CC)c(-c4c(Cl)c(C)cc5[nH]ncc45)c3C)C2)C1. The van der Waals surface area contributed by atoms with E-state index in [-0.39, 0.29) is 11.3 Å². The van der Waals surface area contributed by atoms with Crippen molar-refractivity contribution in [3.05, 3.63) is 41.2 Å². The predicted octanol–water partition coefficient (Wildman–Crippen LogP) is 4.35. The fourth-order valence-corrected chi connectivity index (χ4v) is 7.74. The van der Waals surface area contributed by atoms with Gasteiger partial charge in [0.25, 0.3) is 0 Å². The van der Waals surface area contributed by atoms with Crippen LogP contribution >= 0.6 is 11.6 Å². The molecule has 3 aliphatic heterocycles. The topological polar surface area (TPSA) is 82.5 Å². The van der Waals surface area contributed by atoms with Gasteiger partial charge in [0, 0.05) is 66.4 Å². The largest absolute Gasteiger partial charge is 0.378 e. The number of carbonyl (C=O) groups is 1. The van der Waals surface area contributed by atoms with Gasteiger partial charge in [-0.05, 0) is 50.8 Å². The Bertz CT molecular complexity index is 1480. The van der Waals surface area contributed by atoms with E-state index < -0.39 is 0 Å². The normalized spacial score (nSPS) is 23.4. The summed E-state index contributed by atoms with van der Waals surface area (Å²) in [5.41, 5.74) is 5.51. The first-order valence-electron chi connectivity index (χ1n) is 14.5. The second-order valence-electron chi connectivity index (χ2n) is 12.3. The molecule has 1 aromatic carbocycles. The average molecular weight is 564 g/mol. The molecule has 4 fully saturated rings. The highest BCUT2D eigenvalue weighted by Gasteiger charge is 2.54. The standard InChI is InChI=1S/C30H38ClN7O2/c1-5-20-13-35(22-14-40-15-22)7-8-37(20)29-26(27-23-12-32-33-24(23)9-18(3)28(27)31)19(4)38(34-29)21-10-30(11-21)16-36(17-30)25(39)6-2/h6,9,12,20-22H,2,5,7-8,10-11,13-17H2,1,3-4H3,(H,32,33). The summed E-state index contributed by atoms with van der Waals surface area (Å²) in [5, 5.41) is 14.7. The maximum absolute atomic E-state index is 12.1. The van der Waals surface area contributed by atoms with Gasteiger partial charge >= 0.3 is 0 Å². The van der Waals surface area contributed by atoms with Gasteiger partial charge in [-0.25, -0.2) is 0 Å². The fraction of sp³-hybridized carbons (Fsp3) is 0.567. The lowest BCUT2D eigenvalue weighted by atomic mass is 9.60. The van der Waals surface area contributed by atoms with Crippen LogP contribution in [0, 0.1) is 19.3 Å². The van der Waals surface area contributed by atoms with Gasteiger partial charge in [-0.2, -0.15) is 10.2 Å². The Balaban J connectivity index is 1.27. The van der Waals surface area contributed by atoms with Gasteiger partial charge in [0.15, 0.2) is 5.82 Å². The number of aromatic nitrogens is 4. The Morgan fingerprint density at radius 3 is 2.67 bits per heavy atom. The molecule has 3 saturated heterocycles. The molecule has 1 spiro atoms. The van der Waals surface area contributed by atoms with Crippen molar-refractivity contribution < 1.29 is 9.53 Å². The number of halogens is 1. The number of fused-ring (bicyclic) bond motifs is 1. The van der Waals surface area contributed by atoms with Gasteiger partial charge in [-0.15, -0.1) is 0 Å². The lowest BCUT2D eigenvalue weighted by Gasteiger charge is -2.58. The zero-order valence-electron chi connectivity index (χ0n) is 23.6. The lowest BCUT2D eigenvalue weighted by Crippen LogP contribution is -2.63. The number of likely N-dealkylation sites (tertiary alicyclic amines) is 1. The third kappa shape index (κ3) is 3.92. The number of piperazine rings is 1. The number of benzene rings is 1. The first-order chi connectivity index (χ1) is 19.3. The zero-order valence-corrected chi connectivity index (χ0v) is 24.4. The molecule has 212 valence electrons. The first-order valence-corrected chi connectivity index (χ1v) is 14.9. The van der Waals surface area contributed by atoms with Gasteiger partial charge in [0.1, 0.15) is 0 Å². The highest BCUT2D eigenvalue weighted by atomic mass is 35.5. The molecule has 2 aromatic heterocycles. The van der Waals surface area contributed by atoms with Crippen molar-refractivity contribution in [1.82, 2.24) is 29.8 Å². The summed E-state index contributed by atoms with van der Waals surface area (Å²) in [7, 11) is 0. The Labute approximate surface area is 240 Å². The maximum atomic E-state index is 12.1. The van der Waals surface area contributed by atoms with Crippen molar-refractivity contribution in [2.45, 2.75) is 58.2 Å². The number of nitrogens with one attached hydrogen (secondary N) is 1. The number of aryl methyl sites for hydroxylation is 1. The van der Waals surface area contributed by atoms with Crippen LogP contribution in [0.2, 0.25) is 5.02 Å². The second kappa shape index (κ2) is 9.60. The summed E-state index contributed by atoms with van der Waals surface area (Å²) < 4.78 is 7.76. The molecular formula is C30H38ClN7O2. The van der Waals surface area contributed by atoms with Gasteiger partial charge in [-0.1, -0.05) is 25.1 Å². The van der Waals surface area contributed by atoms with E-state index in [9.17, 15) is 4.79 Å². The van der Waals surface area contributed by atoms with Crippen molar-refractivity contribution in [2.75, 3.05) is 50.8 Å². The molecule has 10 heteroatoms. The van der Waals surface area contributed by atoms with E-state index in [1.54, 1.807) is 0 Å². The van der Waals surface area contributed by atoms with Crippen LogP contribution in [0.5, 0.6) is 0 Å². The minimum atomic E-state index is 0.0327. The van der Waals surface area contributed by atoms with E-state index in [0.29, 0.717) is 18.1 Å². The number of H-pyrrole nitrogens is 1. The molecule has 1 aliphatic carbocycles. The quantitative estimate of drug-likeness (QED) is 0.449. The summed E-state index contributed by atoms with van der Waals surface area (Å²) in [5.74, 6) is 1.06. The average Bonchev–Trinajstić information content (AvgIpc) is 3.46. The van der Waals surface area contributed by atoms with Crippen LogP contribution in [-0.2, 0) is 9.53 Å². The molecule has 0 radical (unpaired) electrons. The number of carbonyl (C=O) groups excluding carboxylic acids is 1. The highest BCUT2D eigenvalue weighted by Crippen LogP contribution is 2.55. The monoisotopic (exact) mass is 563 g/mol. The number of rotatable bonds is 6. The molecule has 7 rings (SSSR count). The summed E-state index contributed by atoms with van der Waals surface area (Å²) >= 11 is 7.12. The van der Waals surface area contributed by atoms with Crippen molar-refractivity contribution in [3.63, 3.8) is 0 Å². The molecule has 1 atom stereocenters. The highest BCUT2D eigenvalue weighted by molar-refractivity contribution is 6.36.